The van der Waals surface area contributed by atoms with Crippen LogP contribution in [0.1, 0.15) is 46.6 Å². The highest BCUT2D eigenvalue weighted by molar-refractivity contribution is 5.90. The molecule has 0 saturated heterocycles. The maximum Gasteiger partial charge on any atom is 0.408 e. The Morgan fingerprint density at radius 2 is 1.72 bits per heavy atom. The maximum atomic E-state index is 12.9. The number of ether oxygens (including phenoxy) is 2. The minimum Gasteiger partial charge on any atom is -0.464 e. The van der Waals surface area contributed by atoms with Crippen LogP contribution in [0.2, 0.25) is 0 Å². The first kappa shape index (κ1) is 24.0. The molecule has 29 heavy (non-hydrogen) atoms. The lowest BCUT2D eigenvalue weighted by molar-refractivity contribution is -0.147. The Bertz CT molecular complexity index is 744. The fourth-order valence-electron chi connectivity index (χ4n) is 2.42. The number of benzene rings is 1. The molecule has 0 aliphatic rings. The predicted molar refractivity (Wildman–Crippen MR) is 110 cm³/mol. The summed E-state index contributed by atoms with van der Waals surface area (Å²) in [5, 5.41) is 5.23. The van der Waals surface area contributed by atoms with E-state index < -0.39 is 35.7 Å². The standard InChI is InChI=1S/C22H30N2O5/c1-6-8-14-17(20(26)28-7-2)23-19(25)18(15-16-12-10-9-11-13-16)24-21(27)29-22(3,4)5/h9-13,17-18H,7,14-15H2,1-5H3,(H,23,25)(H,24,27)/t17-,18-/m1/s1. The number of hydrogen-bond donors (Lipinski definition) is 2. The van der Waals surface area contributed by atoms with Crippen molar-refractivity contribution in [1.29, 1.82) is 0 Å². The van der Waals surface area contributed by atoms with E-state index in [1.54, 1.807) is 34.6 Å². The summed E-state index contributed by atoms with van der Waals surface area (Å²) in [6.45, 7) is 8.72. The van der Waals surface area contributed by atoms with E-state index in [0.29, 0.717) is 0 Å². The molecule has 0 saturated carbocycles. The predicted octanol–water partition coefficient (Wildman–Crippen LogP) is 2.58. The van der Waals surface area contributed by atoms with E-state index in [0.717, 1.165) is 5.56 Å². The van der Waals surface area contributed by atoms with Gasteiger partial charge in [0.25, 0.3) is 0 Å². The van der Waals surface area contributed by atoms with Crippen molar-refractivity contribution >= 4 is 18.0 Å². The van der Waals surface area contributed by atoms with E-state index in [-0.39, 0.29) is 19.4 Å². The van der Waals surface area contributed by atoms with Gasteiger partial charge in [-0.3, -0.25) is 4.79 Å². The Balaban J connectivity index is 2.98. The molecular formula is C22H30N2O5. The van der Waals surface area contributed by atoms with Crippen LogP contribution >= 0.6 is 0 Å². The summed E-state index contributed by atoms with van der Waals surface area (Å²) >= 11 is 0. The second kappa shape index (κ2) is 11.7. The molecule has 0 spiro atoms. The maximum absolute atomic E-state index is 12.9. The number of carbonyl (C=O) groups excluding carboxylic acids is 3. The molecular weight excluding hydrogens is 372 g/mol. The van der Waals surface area contributed by atoms with Crippen LogP contribution in [0.5, 0.6) is 0 Å². The van der Waals surface area contributed by atoms with Gasteiger partial charge < -0.3 is 20.1 Å². The highest BCUT2D eigenvalue weighted by atomic mass is 16.6. The molecule has 0 aromatic heterocycles. The molecule has 0 aliphatic carbocycles. The Labute approximate surface area is 172 Å². The van der Waals surface area contributed by atoms with Crippen LogP contribution in [0.25, 0.3) is 0 Å². The minimum absolute atomic E-state index is 0.117. The first-order chi connectivity index (χ1) is 13.7. The zero-order valence-electron chi connectivity index (χ0n) is 17.7. The van der Waals surface area contributed by atoms with Gasteiger partial charge in [0.1, 0.15) is 17.7 Å². The van der Waals surface area contributed by atoms with Gasteiger partial charge in [0.15, 0.2) is 0 Å². The number of rotatable bonds is 8. The largest absolute Gasteiger partial charge is 0.464 e. The quantitative estimate of drug-likeness (QED) is 0.515. The second-order valence-electron chi connectivity index (χ2n) is 7.33. The molecule has 1 aromatic carbocycles. The van der Waals surface area contributed by atoms with Crippen molar-refractivity contribution in [2.75, 3.05) is 6.61 Å². The van der Waals surface area contributed by atoms with Crippen molar-refractivity contribution in [3.05, 3.63) is 35.9 Å². The third-order valence-electron chi connectivity index (χ3n) is 3.66. The van der Waals surface area contributed by atoms with Gasteiger partial charge >= 0.3 is 12.1 Å². The van der Waals surface area contributed by atoms with E-state index in [9.17, 15) is 14.4 Å². The van der Waals surface area contributed by atoms with Gasteiger partial charge in [-0.25, -0.2) is 9.59 Å². The van der Waals surface area contributed by atoms with Crippen molar-refractivity contribution in [1.82, 2.24) is 10.6 Å². The lowest BCUT2D eigenvalue weighted by Gasteiger charge is -2.24. The molecule has 0 heterocycles. The average Bonchev–Trinajstić information content (AvgIpc) is 2.63. The summed E-state index contributed by atoms with van der Waals surface area (Å²) in [6, 6.07) is 7.39. The molecule has 2 N–H and O–H groups in total. The highest BCUT2D eigenvalue weighted by Gasteiger charge is 2.28. The average molecular weight is 402 g/mol. The summed E-state index contributed by atoms with van der Waals surface area (Å²) in [7, 11) is 0. The molecule has 2 amide bonds. The van der Waals surface area contributed by atoms with Crippen LogP contribution < -0.4 is 10.6 Å². The smallest absolute Gasteiger partial charge is 0.408 e. The SMILES string of the molecule is CC#CC[C@@H](NC(=O)[C@@H](Cc1ccccc1)NC(=O)OC(C)(C)C)C(=O)OCC. The van der Waals surface area contributed by atoms with Crippen molar-refractivity contribution in [3.63, 3.8) is 0 Å². The second-order valence-corrected chi connectivity index (χ2v) is 7.33. The third kappa shape index (κ3) is 9.65. The van der Waals surface area contributed by atoms with Gasteiger partial charge in [0.05, 0.1) is 6.61 Å². The molecule has 2 atom stereocenters. The summed E-state index contributed by atoms with van der Waals surface area (Å²) in [4.78, 5) is 37.3. The summed E-state index contributed by atoms with van der Waals surface area (Å²) in [6.07, 6.45) is -0.360. The van der Waals surface area contributed by atoms with Crippen molar-refractivity contribution < 1.29 is 23.9 Å². The number of carbonyl (C=O) groups is 3. The van der Waals surface area contributed by atoms with E-state index in [1.807, 2.05) is 30.3 Å². The van der Waals surface area contributed by atoms with Gasteiger partial charge in [-0.1, -0.05) is 30.3 Å². The zero-order chi connectivity index (χ0) is 21.9. The van der Waals surface area contributed by atoms with Crippen LogP contribution in [0.15, 0.2) is 30.3 Å². The highest BCUT2D eigenvalue weighted by Crippen LogP contribution is 2.09. The van der Waals surface area contributed by atoms with Crippen LogP contribution in [-0.4, -0.2) is 42.3 Å². The van der Waals surface area contributed by atoms with Gasteiger partial charge in [0, 0.05) is 12.8 Å². The molecule has 158 valence electrons. The summed E-state index contributed by atoms with van der Waals surface area (Å²) < 4.78 is 10.3. The monoisotopic (exact) mass is 402 g/mol. The first-order valence-electron chi connectivity index (χ1n) is 9.56. The molecule has 1 rings (SSSR count). The number of esters is 1. The van der Waals surface area contributed by atoms with E-state index in [1.165, 1.54) is 0 Å². The normalized spacial score (nSPS) is 12.6. The summed E-state index contributed by atoms with van der Waals surface area (Å²) in [5.41, 5.74) is 0.145. The topological polar surface area (TPSA) is 93.7 Å². The lowest BCUT2D eigenvalue weighted by atomic mass is 10.0. The molecule has 7 nitrogen and oxygen atoms in total. The number of nitrogens with one attached hydrogen (secondary N) is 2. The zero-order valence-corrected chi connectivity index (χ0v) is 17.7. The Morgan fingerprint density at radius 3 is 2.28 bits per heavy atom. The van der Waals surface area contributed by atoms with Crippen LogP contribution in [-0.2, 0) is 25.5 Å². The molecule has 0 unspecified atom stereocenters. The number of alkyl carbamates (subject to hydrolysis) is 1. The van der Waals surface area contributed by atoms with E-state index >= 15 is 0 Å². The van der Waals surface area contributed by atoms with Crippen LogP contribution in [0.4, 0.5) is 4.79 Å². The van der Waals surface area contributed by atoms with E-state index in [2.05, 4.69) is 22.5 Å². The number of hydrogen-bond acceptors (Lipinski definition) is 5. The van der Waals surface area contributed by atoms with Gasteiger partial charge in [-0.2, -0.15) is 0 Å². The molecule has 0 radical (unpaired) electrons. The van der Waals surface area contributed by atoms with Crippen molar-refractivity contribution in [3.8, 4) is 11.8 Å². The van der Waals surface area contributed by atoms with E-state index in [4.69, 9.17) is 9.47 Å². The fourth-order valence-corrected chi connectivity index (χ4v) is 2.42. The molecule has 7 heteroatoms. The molecule has 1 aromatic rings. The third-order valence-corrected chi connectivity index (χ3v) is 3.66. The van der Waals surface area contributed by atoms with Crippen LogP contribution in [0, 0.1) is 11.8 Å². The van der Waals surface area contributed by atoms with Gasteiger partial charge in [-0.15, -0.1) is 11.8 Å². The minimum atomic E-state index is -0.932. The molecule has 0 aliphatic heterocycles. The van der Waals surface area contributed by atoms with Gasteiger partial charge in [0.2, 0.25) is 5.91 Å². The number of amides is 2. The van der Waals surface area contributed by atoms with Crippen molar-refractivity contribution in [2.24, 2.45) is 0 Å². The fraction of sp³-hybridized carbons (Fsp3) is 0.500. The van der Waals surface area contributed by atoms with Crippen molar-refractivity contribution in [2.45, 2.75) is 65.1 Å². The Hall–Kier alpha value is -3.01. The Kier molecular flexibility index (Phi) is 9.73. The first-order valence-corrected chi connectivity index (χ1v) is 9.56. The summed E-state index contributed by atoms with van der Waals surface area (Å²) in [5.74, 6) is 4.38. The molecule has 0 bridgehead atoms. The lowest BCUT2D eigenvalue weighted by Crippen LogP contribution is -2.53. The van der Waals surface area contributed by atoms with Crippen LogP contribution in [0.3, 0.4) is 0 Å². The Morgan fingerprint density at radius 1 is 1.07 bits per heavy atom. The molecule has 0 fully saturated rings. The van der Waals surface area contributed by atoms with Gasteiger partial charge in [-0.05, 0) is 40.2 Å².